The zero-order valence-electron chi connectivity index (χ0n) is 12.0. The van der Waals surface area contributed by atoms with Crippen LogP contribution in [0.1, 0.15) is 32.6 Å². The van der Waals surface area contributed by atoms with E-state index in [9.17, 15) is 0 Å². The van der Waals surface area contributed by atoms with E-state index in [4.69, 9.17) is 14.2 Å². The number of rotatable bonds is 12. The molecule has 1 aliphatic rings. The SMILES string of the molecule is COCCOCCOCCC(C)CNC1CCC1. The fourth-order valence-corrected chi connectivity index (χ4v) is 1.83. The summed E-state index contributed by atoms with van der Waals surface area (Å²) in [5.74, 6) is 0.694. The molecule has 18 heavy (non-hydrogen) atoms. The zero-order valence-corrected chi connectivity index (χ0v) is 12.0. The second-order valence-corrected chi connectivity index (χ2v) is 5.15. The lowest BCUT2D eigenvalue weighted by atomic mass is 9.92. The highest BCUT2D eigenvalue weighted by Crippen LogP contribution is 2.18. The monoisotopic (exact) mass is 259 g/mol. The van der Waals surface area contributed by atoms with Gasteiger partial charge in [-0.15, -0.1) is 0 Å². The third-order valence-corrected chi connectivity index (χ3v) is 3.42. The van der Waals surface area contributed by atoms with Crippen molar-refractivity contribution in [1.82, 2.24) is 5.32 Å². The van der Waals surface area contributed by atoms with Gasteiger partial charge in [-0.3, -0.25) is 0 Å². The van der Waals surface area contributed by atoms with Gasteiger partial charge >= 0.3 is 0 Å². The molecule has 0 heterocycles. The first-order valence-electron chi connectivity index (χ1n) is 7.20. The van der Waals surface area contributed by atoms with E-state index in [1.54, 1.807) is 7.11 Å². The van der Waals surface area contributed by atoms with Gasteiger partial charge in [-0.1, -0.05) is 13.3 Å². The van der Waals surface area contributed by atoms with E-state index in [-0.39, 0.29) is 0 Å². The molecule has 0 aliphatic heterocycles. The number of hydrogen-bond acceptors (Lipinski definition) is 4. The van der Waals surface area contributed by atoms with Gasteiger partial charge in [0, 0.05) is 19.8 Å². The predicted octanol–water partition coefficient (Wildman–Crippen LogP) is 1.83. The van der Waals surface area contributed by atoms with E-state index in [1.165, 1.54) is 19.3 Å². The molecule has 4 heteroatoms. The van der Waals surface area contributed by atoms with Crippen molar-refractivity contribution in [3.05, 3.63) is 0 Å². The number of methoxy groups -OCH3 is 1. The van der Waals surface area contributed by atoms with Gasteiger partial charge in [0.05, 0.1) is 26.4 Å². The Labute approximate surface area is 111 Å². The second-order valence-electron chi connectivity index (χ2n) is 5.15. The Balaban J connectivity index is 1.76. The fraction of sp³-hybridized carbons (Fsp3) is 1.00. The van der Waals surface area contributed by atoms with Crippen LogP contribution in [0.4, 0.5) is 0 Å². The number of ether oxygens (including phenoxy) is 3. The number of nitrogens with one attached hydrogen (secondary N) is 1. The second kappa shape index (κ2) is 10.7. The average molecular weight is 259 g/mol. The summed E-state index contributed by atoms with van der Waals surface area (Å²) in [5.41, 5.74) is 0. The van der Waals surface area contributed by atoms with Crippen molar-refractivity contribution >= 4 is 0 Å². The molecule has 1 saturated carbocycles. The Hall–Kier alpha value is -0.160. The zero-order chi connectivity index (χ0) is 13.1. The van der Waals surface area contributed by atoms with Crippen molar-refractivity contribution in [3.63, 3.8) is 0 Å². The molecule has 0 saturated heterocycles. The quantitative estimate of drug-likeness (QED) is 0.543. The van der Waals surface area contributed by atoms with Crippen LogP contribution in [-0.2, 0) is 14.2 Å². The maximum absolute atomic E-state index is 5.54. The molecule has 1 unspecified atom stereocenters. The largest absolute Gasteiger partial charge is 0.382 e. The summed E-state index contributed by atoms with van der Waals surface area (Å²) >= 11 is 0. The molecule has 1 fully saturated rings. The molecule has 1 aliphatic carbocycles. The molecule has 1 rings (SSSR count). The smallest absolute Gasteiger partial charge is 0.0701 e. The molecule has 0 radical (unpaired) electrons. The normalized spacial score (nSPS) is 17.7. The lowest BCUT2D eigenvalue weighted by Crippen LogP contribution is -2.37. The van der Waals surface area contributed by atoms with Gasteiger partial charge in [-0.25, -0.2) is 0 Å². The van der Waals surface area contributed by atoms with Crippen molar-refractivity contribution in [2.45, 2.75) is 38.6 Å². The molecule has 0 spiro atoms. The standard InChI is InChI=1S/C14H29NO3/c1-13(12-15-14-4-3-5-14)6-7-17-10-11-18-9-8-16-2/h13-15H,3-12H2,1-2H3. The van der Waals surface area contributed by atoms with Gasteiger partial charge in [0.2, 0.25) is 0 Å². The first-order chi connectivity index (χ1) is 8.83. The molecular weight excluding hydrogens is 230 g/mol. The van der Waals surface area contributed by atoms with Crippen LogP contribution >= 0.6 is 0 Å². The first kappa shape index (κ1) is 15.9. The van der Waals surface area contributed by atoms with Crippen LogP contribution in [0.25, 0.3) is 0 Å². The molecule has 0 aromatic carbocycles. The van der Waals surface area contributed by atoms with E-state index in [1.807, 2.05) is 0 Å². The van der Waals surface area contributed by atoms with E-state index in [0.29, 0.717) is 32.3 Å². The average Bonchev–Trinajstić information content (AvgIpc) is 2.30. The summed E-state index contributed by atoms with van der Waals surface area (Å²) in [6.07, 6.45) is 5.25. The van der Waals surface area contributed by atoms with E-state index >= 15 is 0 Å². The molecule has 0 amide bonds. The van der Waals surface area contributed by atoms with E-state index in [0.717, 1.165) is 25.6 Å². The predicted molar refractivity (Wildman–Crippen MR) is 72.9 cm³/mol. The van der Waals surface area contributed by atoms with Crippen LogP contribution in [0.15, 0.2) is 0 Å². The maximum atomic E-state index is 5.54. The minimum atomic E-state index is 0.654. The van der Waals surface area contributed by atoms with Crippen molar-refractivity contribution in [3.8, 4) is 0 Å². The van der Waals surface area contributed by atoms with Crippen LogP contribution in [0, 0.1) is 5.92 Å². The lowest BCUT2D eigenvalue weighted by molar-refractivity contribution is 0.0221. The molecular formula is C14H29NO3. The summed E-state index contributed by atoms with van der Waals surface area (Å²) in [6, 6.07) is 0.794. The highest BCUT2D eigenvalue weighted by atomic mass is 16.5. The molecule has 4 nitrogen and oxygen atoms in total. The fourth-order valence-electron chi connectivity index (χ4n) is 1.83. The highest BCUT2D eigenvalue weighted by Gasteiger charge is 2.16. The lowest BCUT2D eigenvalue weighted by Gasteiger charge is -2.28. The Bertz CT molecular complexity index is 186. The summed E-state index contributed by atoms with van der Waals surface area (Å²) in [4.78, 5) is 0. The molecule has 1 atom stereocenters. The highest BCUT2D eigenvalue weighted by molar-refractivity contribution is 4.76. The molecule has 0 aromatic heterocycles. The van der Waals surface area contributed by atoms with Crippen LogP contribution < -0.4 is 5.32 Å². The van der Waals surface area contributed by atoms with Gasteiger partial charge in [0.15, 0.2) is 0 Å². The Morgan fingerprint density at radius 3 is 2.33 bits per heavy atom. The molecule has 108 valence electrons. The Morgan fingerprint density at radius 1 is 1.06 bits per heavy atom. The van der Waals surface area contributed by atoms with Crippen LogP contribution in [0.2, 0.25) is 0 Å². The molecule has 0 aromatic rings. The van der Waals surface area contributed by atoms with Gasteiger partial charge in [0.25, 0.3) is 0 Å². The third-order valence-electron chi connectivity index (χ3n) is 3.42. The van der Waals surface area contributed by atoms with Crippen molar-refractivity contribution < 1.29 is 14.2 Å². The van der Waals surface area contributed by atoms with E-state index < -0.39 is 0 Å². The van der Waals surface area contributed by atoms with Crippen molar-refractivity contribution in [1.29, 1.82) is 0 Å². The van der Waals surface area contributed by atoms with Gasteiger partial charge in [-0.05, 0) is 31.7 Å². The topological polar surface area (TPSA) is 39.7 Å². The summed E-state index contributed by atoms with van der Waals surface area (Å²) in [6.45, 7) is 6.90. The van der Waals surface area contributed by atoms with E-state index in [2.05, 4.69) is 12.2 Å². The van der Waals surface area contributed by atoms with Crippen LogP contribution in [0.5, 0.6) is 0 Å². The van der Waals surface area contributed by atoms with Crippen molar-refractivity contribution in [2.24, 2.45) is 5.92 Å². The van der Waals surface area contributed by atoms with Crippen molar-refractivity contribution in [2.75, 3.05) is 46.7 Å². The van der Waals surface area contributed by atoms with Gasteiger partial charge in [0.1, 0.15) is 0 Å². The van der Waals surface area contributed by atoms with Crippen LogP contribution in [-0.4, -0.2) is 52.7 Å². The third kappa shape index (κ3) is 8.03. The number of hydrogen-bond donors (Lipinski definition) is 1. The Morgan fingerprint density at radius 2 is 1.72 bits per heavy atom. The Kier molecular flexibility index (Phi) is 9.48. The van der Waals surface area contributed by atoms with Gasteiger partial charge < -0.3 is 19.5 Å². The minimum Gasteiger partial charge on any atom is -0.382 e. The first-order valence-corrected chi connectivity index (χ1v) is 7.20. The summed E-state index contributed by atoms with van der Waals surface area (Å²) in [7, 11) is 1.68. The van der Waals surface area contributed by atoms with Gasteiger partial charge in [-0.2, -0.15) is 0 Å². The summed E-state index contributed by atoms with van der Waals surface area (Å²) in [5, 5.41) is 3.60. The minimum absolute atomic E-state index is 0.654. The molecule has 0 bridgehead atoms. The van der Waals surface area contributed by atoms with Crippen LogP contribution in [0.3, 0.4) is 0 Å². The molecule has 1 N–H and O–H groups in total. The maximum Gasteiger partial charge on any atom is 0.0701 e. The summed E-state index contributed by atoms with van der Waals surface area (Å²) < 4.78 is 15.7.